The number of carbonyl (C=O) groups excluding carboxylic acids is 1. The molecule has 2 aliphatic heterocycles. The molecule has 0 spiro atoms. The second kappa shape index (κ2) is 7.26. The van der Waals surface area contributed by atoms with Crippen LogP contribution in [0.3, 0.4) is 0 Å². The highest BCUT2D eigenvalue weighted by Crippen LogP contribution is 2.34. The molecular weight excluding hydrogens is 346 g/mol. The molecule has 0 unspecified atom stereocenters. The number of rotatable bonds is 3. The zero-order valence-electron chi connectivity index (χ0n) is 15.5. The van der Waals surface area contributed by atoms with E-state index in [2.05, 4.69) is 23.2 Å². The van der Waals surface area contributed by atoms with Gasteiger partial charge in [0.25, 0.3) is 0 Å². The summed E-state index contributed by atoms with van der Waals surface area (Å²) >= 11 is 0. The Morgan fingerprint density at radius 3 is 2.59 bits per heavy atom. The first kappa shape index (κ1) is 17.3. The van der Waals surface area contributed by atoms with Crippen molar-refractivity contribution in [1.82, 2.24) is 4.90 Å². The highest BCUT2D eigenvalue weighted by Gasteiger charge is 2.23. The molecule has 27 heavy (non-hydrogen) atoms. The summed E-state index contributed by atoms with van der Waals surface area (Å²) in [6, 6.07) is 11.5. The SMILES string of the molecule is COc1ccc(C)cc1N1CCN(C(=O)Nc2ccc3c(c2)OCO3)CC1. The molecule has 2 aliphatic rings. The van der Waals surface area contributed by atoms with Crippen LogP contribution in [0.5, 0.6) is 17.2 Å². The van der Waals surface area contributed by atoms with Crippen LogP contribution in [0.25, 0.3) is 0 Å². The molecule has 0 bridgehead atoms. The second-order valence-electron chi connectivity index (χ2n) is 6.65. The number of nitrogens with zero attached hydrogens (tertiary/aromatic N) is 2. The van der Waals surface area contributed by atoms with Gasteiger partial charge in [-0.2, -0.15) is 0 Å². The van der Waals surface area contributed by atoms with Gasteiger partial charge in [0.2, 0.25) is 6.79 Å². The molecule has 2 heterocycles. The van der Waals surface area contributed by atoms with Gasteiger partial charge in [-0.1, -0.05) is 6.07 Å². The van der Waals surface area contributed by atoms with Crippen molar-refractivity contribution < 1.29 is 19.0 Å². The van der Waals surface area contributed by atoms with Crippen molar-refractivity contribution in [3.05, 3.63) is 42.0 Å². The van der Waals surface area contributed by atoms with E-state index in [-0.39, 0.29) is 12.8 Å². The summed E-state index contributed by atoms with van der Waals surface area (Å²) in [6.07, 6.45) is 0. The number of methoxy groups -OCH3 is 1. The Morgan fingerprint density at radius 1 is 1.04 bits per heavy atom. The number of hydrogen-bond donors (Lipinski definition) is 1. The van der Waals surface area contributed by atoms with Gasteiger partial charge in [0.1, 0.15) is 5.75 Å². The predicted octanol–water partition coefficient (Wildman–Crippen LogP) is 3.09. The Bertz CT molecular complexity index is 847. The zero-order chi connectivity index (χ0) is 18.8. The summed E-state index contributed by atoms with van der Waals surface area (Å²) in [6.45, 7) is 5.10. The fourth-order valence-electron chi connectivity index (χ4n) is 3.37. The first-order chi connectivity index (χ1) is 13.1. The summed E-state index contributed by atoms with van der Waals surface area (Å²) in [5, 5.41) is 2.94. The van der Waals surface area contributed by atoms with Gasteiger partial charge in [-0.05, 0) is 36.8 Å². The van der Waals surface area contributed by atoms with Crippen LogP contribution in [0.4, 0.5) is 16.2 Å². The highest BCUT2D eigenvalue weighted by atomic mass is 16.7. The largest absolute Gasteiger partial charge is 0.495 e. The van der Waals surface area contributed by atoms with E-state index in [9.17, 15) is 4.79 Å². The minimum atomic E-state index is -0.107. The molecule has 1 N–H and O–H groups in total. The van der Waals surface area contributed by atoms with Crippen LogP contribution >= 0.6 is 0 Å². The smallest absolute Gasteiger partial charge is 0.321 e. The van der Waals surface area contributed by atoms with Crippen LogP contribution < -0.4 is 24.4 Å². The maximum atomic E-state index is 12.6. The molecule has 0 atom stereocenters. The number of ether oxygens (including phenoxy) is 3. The number of hydrogen-bond acceptors (Lipinski definition) is 5. The summed E-state index contributed by atoms with van der Waals surface area (Å²) in [5.41, 5.74) is 2.97. The van der Waals surface area contributed by atoms with E-state index in [0.29, 0.717) is 30.3 Å². The van der Waals surface area contributed by atoms with E-state index in [4.69, 9.17) is 14.2 Å². The van der Waals surface area contributed by atoms with Crippen LogP contribution in [0.15, 0.2) is 36.4 Å². The van der Waals surface area contributed by atoms with Crippen molar-refractivity contribution in [3.63, 3.8) is 0 Å². The van der Waals surface area contributed by atoms with Gasteiger partial charge in [-0.3, -0.25) is 0 Å². The van der Waals surface area contributed by atoms with Crippen LogP contribution in [0, 0.1) is 6.92 Å². The number of urea groups is 1. The number of aryl methyl sites for hydroxylation is 1. The number of piperazine rings is 1. The Morgan fingerprint density at radius 2 is 1.81 bits per heavy atom. The fourth-order valence-corrected chi connectivity index (χ4v) is 3.37. The molecule has 7 nitrogen and oxygen atoms in total. The standard InChI is InChI=1S/C20H23N3O4/c1-14-3-5-17(25-2)16(11-14)22-7-9-23(10-8-22)20(24)21-15-4-6-18-19(12-15)27-13-26-18/h3-6,11-12H,7-10,13H2,1-2H3,(H,21,24). The number of carbonyl (C=O) groups is 1. The van der Waals surface area contributed by atoms with E-state index < -0.39 is 0 Å². The van der Waals surface area contributed by atoms with E-state index in [1.165, 1.54) is 5.56 Å². The first-order valence-corrected chi connectivity index (χ1v) is 8.99. The molecule has 0 saturated carbocycles. The quantitative estimate of drug-likeness (QED) is 0.901. The predicted molar refractivity (Wildman–Crippen MR) is 103 cm³/mol. The van der Waals surface area contributed by atoms with E-state index in [0.717, 1.165) is 24.5 Å². The Labute approximate surface area is 158 Å². The van der Waals surface area contributed by atoms with Gasteiger partial charge in [-0.25, -0.2) is 4.79 Å². The van der Waals surface area contributed by atoms with Crippen molar-refractivity contribution in [2.45, 2.75) is 6.92 Å². The second-order valence-corrected chi connectivity index (χ2v) is 6.65. The number of anilines is 2. The molecule has 0 aromatic heterocycles. The molecule has 1 saturated heterocycles. The topological polar surface area (TPSA) is 63.3 Å². The van der Waals surface area contributed by atoms with Gasteiger partial charge in [0.15, 0.2) is 11.5 Å². The van der Waals surface area contributed by atoms with E-state index in [1.807, 2.05) is 23.1 Å². The molecule has 7 heteroatoms. The van der Waals surface area contributed by atoms with Crippen molar-refractivity contribution in [2.75, 3.05) is 50.3 Å². The van der Waals surface area contributed by atoms with Crippen molar-refractivity contribution in [3.8, 4) is 17.2 Å². The first-order valence-electron chi connectivity index (χ1n) is 8.99. The van der Waals surface area contributed by atoms with Crippen LogP contribution in [0.1, 0.15) is 5.56 Å². The minimum Gasteiger partial charge on any atom is -0.495 e. The Balaban J connectivity index is 1.38. The molecule has 142 valence electrons. The summed E-state index contributed by atoms with van der Waals surface area (Å²) < 4.78 is 16.1. The molecular formula is C20H23N3O4. The molecule has 2 aromatic carbocycles. The van der Waals surface area contributed by atoms with Gasteiger partial charge in [0.05, 0.1) is 12.8 Å². The number of amides is 2. The van der Waals surface area contributed by atoms with Gasteiger partial charge >= 0.3 is 6.03 Å². The molecule has 0 aliphatic carbocycles. The third-order valence-corrected chi connectivity index (χ3v) is 4.87. The number of benzene rings is 2. The van der Waals surface area contributed by atoms with Crippen molar-refractivity contribution in [1.29, 1.82) is 0 Å². The molecule has 2 aromatic rings. The molecule has 1 fully saturated rings. The molecule has 4 rings (SSSR count). The van der Waals surface area contributed by atoms with Gasteiger partial charge in [0, 0.05) is 37.9 Å². The third kappa shape index (κ3) is 3.58. The lowest BCUT2D eigenvalue weighted by Gasteiger charge is -2.36. The Hall–Kier alpha value is -3.09. The van der Waals surface area contributed by atoms with Gasteiger partial charge in [-0.15, -0.1) is 0 Å². The maximum Gasteiger partial charge on any atom is 0.321 e. The third-order valence-electron chi connectivity index (χ3n) is 4.87. The average Bonchev–Trinajstić information content (AvgIpc) is 3.16. The summed E-state index contributed by atoms with van der Waals surface area (Å²) in [5.74, 6) is 2.22. The Kier molecular flexibility index (Phi) is 4.66. The summed E-state index contributed by atoms with van der Waals surface area (Å²) in [7, 11) is 1.68. The minimum absolute atomic E-state index is 0.107. The molecule has 0 radical (unpaired) electrons. The maximum absolute atomic E-state index is 12.6. The zero-order valence-corrected chi connectivity index (χ0v) is 15.5. The monoisotopic (exact) mass is 369 g/mol. The molecule has 2 amide bonds. The lowest BCUT2D eigenvalue weighted by molar-refractivity contribution is 0.174. The van der Waals surface area contributed by atoms with Crippen LogP contribution in [-0.4, -0.2) is 51.0 Å². The van der Waals surface area contributed by atoms with Crippen LogP contribution in [0.2, 0.25) is 0 Å². The highest BCUT2D eigenvalue weighted by molar-refractivity contribution is 5.90. The van der Waals surface area contributed by atoms with Crippen molar-refractivity contribution in [2.24, 2.45) is 0 Å². The summed E-state index contributed by atoms with van der Waals surface area (Å²) in [4.78, 5) is 16.7. The lowest BCUT2D eigenvalue weighted by Crippen LogP contribution is -2.50. The normalized spacial score (nSPS) is 15.6. The van der Waals surface area contributed by atoms with Crippen LogP contribution in [-0.2, 0) is 0 Å². The van der Waals surface area contributed by atoms with Crippen molar-refractivity contribution >= 4 is 17.4 Å². The lowest BCUT2D eigenvalue weighted by atomic mass is 10.1. The van der Waals surface area contributed by atoms with Gasteiger partial charge < -0.3 is 29.3 Å². The fraction of sp³-hybridized carbons (Fsp3) is 0.350. The number of fused-ring (bicyclic) bond motifs is 1. The average molecular weight is 369 g/mol. The van der Waals surface area contributed by atoms with E-state index in [1.54, 1.807) is 19.2 Å². The van der Waals surface area contributed by atoms with E-state index >= 15 is 0 Å². The number of nitrogens with one attached hydrogen (secondary N) is 1.